The highest BCUT2D eigenvalue weighted by Crippen LogP contribution is 2.16. The lowest BCUT2D eigenvalue weighted by molar-refractivity contribution is 0.172. The van der Waals surface area contributed by atoms with Crippen LogP contribution in [0.4, 0.5) is 4.79 Å². The summed E-state index contributed by atoms with van der Waals surface area (Å²) >= 11 is 5.87. The van der Waals surface area contributed by atoms with Gasteiger partial charge in [-0.15, -0.1) is 0 Å². The molecular weight excluding hydrogens is 304 g/mol. The molecule has 118 valence electrons. The van der Waals surface area contributed by atoms with Crippen molar-refractivity contribution in [3.8, 4) is 0 Å². The van der Waals surface area contributed by atoms with Crippen molar-refractivity contribution in [3.05, 3.63) is 53.6 Å². The minimum Gasteiger partial charge on any atom is -0.387 e. The van der Waals surface area contributed by atoms with Crippen LogP contribution in [0, 0.1) is 0 Å². The summed E-state index contributed by atoms with van der Waals surface area (Å²) < 4.78 is 1.88. The SMILES string of the molecule is C[C@@H](Cn1ccnc1)NC(=O)NC[C@H](O)c1cccc(Cl)c1. The van der Waals surface area contributed by atoms with Crippen molar-refractivity contribution in [3.63, 3.8) is 0 Å². The Morgan fingerprint density at radius 1 is 1.50 bits per heavy atom. The van der Waals surface area contributed by atoms with Crippen LogP contribution in [-0.4, -0.2) is 33.3 Å². The predicted octanol–water partition coefficient (Wildman–Crippen LogP) is 1.96. The number of hydrogen-bond donors (Lipinski definition) is 3. The largest absolute Gasteiger partial charge is 0.387 e. The Morgan fingerprint density at radius 2 is 2.32 bits per heavy atom. The minimum absolute atomic E-state index is 0.0579. The van der Waals surface area contributed by atoms with Crippen LogP contribution < -0.4 is 10.6 Å². The van der Waals surface area contributed by atoms with Gasteiger partial charge in [-0.05, 0) is 24.6 Å². The van der Waals surface area contributed by atoms with Gasteiger partial charge in [0, 0.05) is 36.5 Å². The van der Waals surface area contributed by atoms with Gasteiger partial charge in [0.1, 0.15) is 0 Å². The number of hydrogen-bond acceptors (Lipinski definition) is 3. The van der Waals surface area contributed by atoms with Gasteiger partial charge in [0.15, 0.2) is 0 Å². The van der Waals surface area contributed by atoms with E-state index in [0.29, 0.717) is 17.1 Å². The molecule has 0 bridgehead atoms. The molecule has 0 saturated carbocycles. The number of rotatable bonds is 6. The van der Waals surface area contributed by atoms with Crippen LogP contribution in [0.3, 0.4) is 0 Å². The third kappa shape index (κ3) is 5.05. The summed E-state index contributed by atoms with van der Waals surface area (Å²) in [6.45, 7) is 2.64. The minimum atomic E-state index is -0.798. The quantitative estimate of drug-likeness (QED) is 0.760. The van der Waals surface area contributed by atoms with Crippen molar-refractivity contribution in [2.24, 2.45) is 0 Å². The van der Waals surface area contributed by atoms with Gasteiger partial charge >= 0.3 is 6.03 Å². The number of aliphatic hydroxyl groups is 1. The van der Waals surface area contributed by atoms with Crippen molar-refractivity contribution in [1.29, 1.82) is 0 Å². The second kappa shape index (κ2) is 7.82. The standard InChI is InChI=1S/C15H19ClN4O2/c1-11(9-20-6-5-17-10-20)19-15(22)18-8-14(21)12-3-2-4-13(16)7-12/h2-7,10-11,14,21H,8-9H2,1H3,(H2,18,19,22)/t11-,14-/m0/s1. The average Bonchev–Trinajstić information content (AvgIpc) is 2.97. The summed E-state index contributed by atoms with van der Waals surface area (Å²) in [5.41, 5.74) is 0.666. The van der Waals surface area contributed by atoms with Crippen LogP contribution in [0.25, 0.3) is 0 Å². The molecule has 0 saturated heterocycles. The molecule has 7 heteroatoms. The van der Waals surface area contributed by atoms with Crippen LogP contribution in [0.2, 0.25) is 5.02 Å². The maximum absolute atomic E-state index is 11.8. The van der Waals surface area contributed by atoms with E-state index in [-0.39, 0.29) is 18.6 Å². The number of nitrogens with one attached hydrogen (secondary N) is 2. The molecule has 1 aromatic heterocycles. The smallest absolute Gasteiger partial charge is 0.315 e. The molecule has 2 atom stereocenters. The average molecular weight is 323 g/mol. The molecule has 2 rings (SSSR count). The number of carbonyl (C=O) groups excluding carboxylic acids is 1. The van der Waals surface area contributed by atoms with Gasteiger partial charge in [-0.25, -0.2) is 9.78 Å². The normalized spacial score (nSPS) is 13.4. The van der Waals surface area contributed by atoms with E-state index in [1.54, 1.807) is 36.8 Å². The summed E-state index contributed by atoms with van der Waals surface area (Å²) in [7, 11) is 0. The Hall–Kier alpha value is -2.05. The monoisotopic (exact) mass is 322 g/mol. The van der Waals surface area contributed by atoms with Crippen molar-refractivity contribution in [2.45, 2.75) is 25.6 Å². The number of nitrogens with zero attached hydrogens (tertiary/aromatic N) is 2. The van der Waals surface area contributed by atoms with Crippen LogP contribution >= 0.6 is 11.6 Å². The van der Waals surface area contributed by atoms with Gasteiger partial charge in [-0.3, -0.25) is 0 Å². The van der Waals surface area contributed by atoms with E-state index < -0.39 is 6.10 Å². The fourth-order valence-electron chi connectivity index (χ4n) is 2.05. The first-order valence-electron chi connectivity index (χ1n) is 6.98. The number of halogens is 1. The lowest BCUT2D eigenvalue weighted by Crippen LogP contribution is -2.43. The first kappa shape index (κ1) is 16.3. The van der Waals surface area contributed by atoms with Crippen molar-refractivity contribution < 1.29 is 9.90 Å². The van der Waals surface area contributed by atoms with Crippen LogP contribution in [0.5, 0.6) is 0 Å². The van der Waals surface area contributed by atoms with E-state index in [1.807, 2.05) is 17.7 Å². The van der Waals surface area contributed by atoms with Gasteiger partial charge in [-0.2, -0.15) is 0 Å². The highest BCUT2D eigenvalue weighted by molar-refractivity contribution is 6.30. The predicted molar refractivity (Wildman–Crippen MR) is 84.6 cm³/mol. The molecule has 0 aliphatic carbocycles. The first-order valence-corrected chi connectivity index (χ1v) is 7.36. The Kier molecular flexibility index (Phi) is 5.80. The molecule has 3 N–H and O–H groups in total. The molecule has 22 heavy (non-hydrogen) atoms. The number of benzene rings is 1. The zero-order valence-corrected chi connectivity index (χ0v) is 13.0. The lowest BCUT2D eigenvalue weighted by atomic mass is 10.1. The molecule has 1 aromatic carbocycles. The Morgan fingerprint density at radius 3 is 3.00 bits per heavy atom. The Balaban J connectivity index is 1.75. The molecule has 2 amide bonds. The van der Waals surface area contributed by atoms with Gasteiger partial charge in [0.05, 0.1) is 12.4 Å². The molecular formula is C15H19ClN4O2. The Labute approximate surface area is 134 Å². The van der Waals surface area contributed by atoms with E-state index in [1.165, 1.54) is 0 Å². The molecule has 6 nitrogen and oxygen atoms in total. The van der Waals surface area contributed by atoms with E-state index in [2.05, 4.69) is 15.6 Å². The molecule has 0 fully saturated rings. The summed E-state index contributed by atoms with van der Waals surface area (Å²) in [5.74, 6) is 0. The third-order valence-corrected chi connectivity index (χ3v) is 3.35. The van der Waals surface area contributed by atoms with Crippen LogP contribution in [-0.2, 0) is 6.54 Å². The number of aromatic nitrogens is 2. The topological polar surface area (TPSA) is 79.2 Å². The first-order chi connectivity index (χ1) is 10.5. The summed E-state index contributed by atoms with van der Waals surface area (Å²) in [4.78, 5) is 15.7. The number of carbonyl (C=O) groups is 1. The number of amides is 2. The van der Waals surface area contributed by atoms with E-state index >= 15 is 0 Å². The van der Waals surface area contributed by atoms with Gasteiger partial charge in [-0.1, -0.05) is 23.7 Å². The van der Waals surface area contributed by atoms with E-state index in [9.17, 15) is 9.90 Å². The molecule has 0 aliphatic heterocycles. The Bertz CT molecular complexity index is 603. The zero-order valence-electron chi connectivity index (χ0n) is 12.2. The molecule has 0 unspecified atom stereocenters. The fourth-order valence-corrected chi connectivity index (χ4v) is 2.25. The highest BCUT2D eigenvalue weighted by atomic mass is 35.5. The molecule has 0 spiro atoms. The zero-order chi connectivity index (χ0) is 15.9. The van der Waals surface area contributed by atoms with Crippen LogP contribution in [0.15, 0.2) is 43.0 Å². The summed E-state index contributed by atoms with van der Waals surface area (Å²) in [5, 5.41) is 16.0. The molecule has 1 heterocycles. The van der Waals surface area contributed by atoms with Crippen molar-refractivity contribution in [2.75, 3.05) is 6.54 Å². The molecule has 2 aromatic rings. The number of aliphatic hydroxyl groups excluding tert-OH is 1. The van der Waals surface area contributed by atoms with Gasteiger partial charge in [0.2, 0.25) is 0 Å². The van der Waals surface area contributed by atoms with E-state index in [4.69, 9.17) is 11.6 Å². The number of urea groups is 1. The van der Waals surface area contributed by atoms with Crippen molar-refractivity contribution in [1.82, 2.24) is 20.2 Å². The molecule has 0 radical (unpaired) electrons. The second-order valence-corrected chi connectivity index (χ2v) is 5.52. The van der Waals surface area contributed by atoms with Gasteiger partial charge < -0.3 is 20.3 Å². The van der Waals surface area contributed by atoms with Crippen LogP contribution in [0.1, 0.15) is 18.6 Å². The maximum atomic E-state index is 11.8. The fraction of sp³-hybridized carbons (Fsp3) is 0.333. The maximum Gasteiger partial charge on any atom is 0.315 e. The van der Waals surface area contributed by atoms with E-state index in [0.717, 1.165) is 0 Å². The lowest BCUT2D eigenvalue weighted by Gasteiger charge is -2.17. The second-order valence-electron chi connectivity index (χ2n) is 5.09. The third-order valence-electron chi connectivity index (χ3n) is 3.11. The number of imidazole rings is 1. The summed E-state index contributed by atoms with van der Waals surface area (Å²) in [6, 6.07) is 6.54. The summed E-state index contributed by atoms with van der Waals surface area (Å²) in [6.07, 6.45) is 4.42. The highest BCUT2D eigenvalue weighted by Gasteiger charge is 2.11. The van der Waals surface area contributed by atoms with Gasteiger partial charge in [0.25, 0.3) is 0 Å². The molecule has 0 aliphatic rings. The van der Waals surface area contributed by atoms with Crippen molar-refractivity contribution >= 4 is 17.6 Å².